The lowest BCUT2D eigenvalue weighted by atomic mass is 9.93. The van der Waals surface area contributed by atoms with Gasteiger partial charge in [0, 0.05) is 61.8 Å². The number of fused-ring (bicyclic) bond motifs is 2. The molecule has 6 aromatic rings. The van der Waals surface area contributed by atoms with Crippen LogP contribution >= 0.6 is 0 Å². The third-order valence-corrected chi connectivity index (χ3v) is 14.4. The van der Waals surface area contributed by atoms with Crippen molar-refractivity contribution < 1.29 is 29.1 Å². The average Bonchev–Trinajstić information content (AvgIpc) is 3.86. The molecule has 0 radical (unpaired) electrons. The number of benzene rings is 4. The third kappa shape index (κ3) is 11.7. The molecule has 2 fully saturated rings. The molecular weight excluding hydrogens is 917 g/mol. The van der Waals surface area contributed by atoms with Gasteiger partial charge in [-0.1, -0.05) is 116 Å². The van der Waals surface area contributed by atoms with Gasteiger partial charge in [0.25, 0.3) is 11.8 Å². The fourth-order valence-corrected chi connectivity index (χ4v) is 10.6. The van der Waals surface area contributed by atoms with Crippen LogP contribution in [0.15, 0.2) is 109 Å². The molecule has 1 aliphatic carbocycles. The number of piperidine rings is 1. The summed E-state index contributed by atoms with van der Waals surface area (Å²) in [5, 5.41) is 29.3. The highest BCUT2D eigenvalue weighted by Crippen LogP contribution is 2.40. The minimum Gasteiger partial charge on any atom is -0.393 e. The van der Waals surface area contributed by atoms with E-state index in [2.05, 4.69) is 68.8 Å². The quantitative estimate of drug-likeness (QED) is 0.0284. The van der Waals surface area contributed by atoms with E-state index < -0.39 is 29.7 Å². The number of hydrogen-bond donors (Lipinski definition) is 5. The molecule has 0 spiro atoms. The van der Waals surface area contributed by atoms with Crippen molar-refractivity contribution in [3.05, 3.63) is 137 Å². The minimum atomic E-state index is -0.992. The summed E-state index contributed by atoms with van der Waals surface area (Å²) in [6, 6.07) is 33.2. The summed E-state index contributed by atoms with van der Waals surface area (Å²) in [5.41, 5.74) is 8.38. The number of aliphatic hydroxyl groups is 1. The van der Waals surface area contributed by atoms with Crippen LogP contribution in [0.2, 0.25) is 0 Å². The van der Waals surface area contributed by atoms with Crippen LogP contribution in [0.5, 0.6) is 0 Å². The van der Waals surface area contributed by atoms with E-state index in [1.54, 1.807) is 18.2 Å². The molecule has 2 aliphatic heterocycles. The van der Waals surface area contributed by atoms with Crippen molar-refractivity contribution in [3.63, 3.8) is 0 Å². The van der Waals surface area contributed by atoms with Crippen LogP contribution in [0.25, 0.3) is 33.4 Å². The number of rotatable bonds is 20. The highest BCUT2D eigenvalue weighted by Gasteiger charge is 2.45. The predicted molar refractivity (Wildman–Crippen MR) is 281 cm³/mol. The number of carbonyl (C=O) groups is 5. The van der Waals surface area contributed by atoms with Crippen molar-refractivity contribution >= 4 is 46.3 Å². The Balaban J connectivity index is 0.710. The Kier molecular flexibility index (Phi) is 16.4. The average molecular weight is 981 g/mol. The van der Waals surface area contributed by atoms with Crippen LogP contribution in [0.3, 0.4) is 0 Å². The largest absolute Gasteiger partial charge is 0.393 e. The molecule has 5 N–H and O–H groups in total. The summed E-state index contributed by atoms with van der Waals surface area (Å²) in [6.07, 6.45) is 13.5. The molecule has 3 aliphatic rings. The summed E-state index contributed by atoms with van der Waals surface area (Å²) >= 11 is 0. The second kappa shape index (κ2) is 23.7. The number of unbranched alkanes of at least 4 members (excludes halogenated alkanes) is 7. The molecule has 14 heteroatoms. The van der Waals surface area contributed by atoms with E-state index in [0.29, 0.717) is 43.7 Å². The SMILES string of the molecule is N=c1c2c(-c3ccccc3)c(-c3ccccc3)n(Cc3cccc(C#CCCCCC(=O)NCCCCCCCCNc4cccc5c4C(=O)N(C4CCC(=O)NC4=O)C5=O)c3)c2ncn1C1CCC(O)CC1. The van der Waals surface area contributed by atoms with E-state index in [1.807, 2.05) is 59.4 Å². The van der Waals surface area contributed by atoms with Crippen molar-refractivity contribution in [2.24, 2.45) is 0 Å². The smallest absolute Gasteiger partial charge is 0.264 e. The van der Waals surface area contributed by atoms with E-state index in [9.17, 15) is 34.5 Å². The number of aromatic nitrogens is 3. The maximum Gasteiger partial charge on any atom is 0.264 e. The van der Waals surface area contributed by atoms with Crippen molar-refractivity contribution in [3.8, 4) is 34.2 Å². The van der Waals surface area contributed by atoms with Crippen LogP contribution in [-0.4, -0.2) is 78.9 Å². The van der Waals surface area contributed by atoms with Gasteiger partial charge in [0.05, 0.1) is 34.6 Å². The second-order valence-electron chi connectivity index (χ2n) is 19.5. The van der Waals surface area contributed by atoms with Gasteiger partial charge >= 0.3 is 0 Å². The summed E-state index contributed by atoms with van der Waals surface area (Å²) in [4.78, 5) is 69.2. The number of nitrogens with one attached hydrogen (secondary N) is 4. The van der Waals surface area contributed by atoms with Gasteiger partial charge in [-0.2, -0.15) is 0 Å². The second-order valence-corrected chi connectivity index (χ2v) is 19.5. The first-order valence-corrected chi connectivity index (χ1v) is 26.1. The standard InChI is InChI=1S/C59H64N8O6/c60-55-53-51(42-22-10-7-11-23-42)54(43-24-12-8-13-25-43)65(56(53)63-39-66(55)44-29-31-45(68)32-30-44)38-41-21-17-20-40(37-41)19-9-3-4-14-28-49(69)62-36-16-6-2-1-5-15-35-61-47-27-18-26-46-52(47)59(73)67(58(46)72)48-33-34-50(70)64-57(48)71/h7-8,10-13,17-18,20-27,37,39,44-45,48,60-61,68H,1-6,14-16,28-36,38H2,(H,62,69)(H,64,70,71). The Morgan fingerprint density at radius 3 is 2.22 bits per heavy atom. The third-order valence-electron chi connectivity index (χ3n) is 14.4. The fraction of sp³-hybridized carbons (Fsp3) is 0.373. The van der Waals surface area contributed by atoms with Crippen LogP contribution in [-0.2, 0) is 20.9 Å². The Hall–Kier alpha value is -7.63. The molecule has 73 heavy (non-hydrogen) atoms. The van der Waals surface area contributed by atoms with Gasteiger partial charge in [-0.15, -0.1) is 0 Å². The molecule has 14 nitrogen and oxygen atoms in total. The Morgan fingerprint density at radius 1 is 0.753 bits per heavy atom. The molecule has 1 unspecified atom stereocenters. The van der Waals surface area contributed by atoms with E-state index in [0.717, 1.165) is 126 Å². The summed E-state index contributed by atoms with van der Waals surface area (Å²) in [7, 11) is 0. The van der Waals surface area contributed by atoms with Gasteiger partial charge in [0.15, 0.2) is 0 Å². The van der Waals surface area contributed by atoms with Crippen molar-refractivity contribution in [2.45, 2.75) is 127 Å². The van der Waals surface area contributed by atoms with Gasteiger partial charge in [-0.25, -0.2) is 4.98 Å². The van der Waals surface area contributed by atoms with Crippen LogP contribution in [0.1, 0.15) is 141 Å². The van der Waals surface area contributed by atoms with Crippen LogP contribution in [0.4, 0.5) is 5.69 Å². The van der Waals surface area contributed by atoms with Gasteiger partial charge in [0.2, 0.25) is 17.7 Å². The predicted octanol–water partition coefficient (Wildman–Crippen LogP) is 9.06. The van der Waals surface area contributed by atoms with E-state index in [4.69, 9.17) is 4.98 Å². The Morgan fingerprint density at radius 2 is 1.47 bits per heavy atom. The summed E-state index contributed by atoms with van der Waals surface area (Å²) in [6.45, 7) is 1.82. The first-order valence-electron chi connectivity index (χ1n) is 26.1. The molecule has 1 atom stereocenters. The molecule has 9 rings (SSSR count). The number of imide groups is 2. The monoisotopic (exact) mass is 980 g/mol. The molecule has 0 bridgehead atoms. The molecule has 1 saturated heterocycles. The topological polar surface area (TPSA) is 192 Å². The molecule has 2 aromatic heterocycles. The number of amides is 5. The van der Waals surface area contributed by atoms with Gasteiger partial charge < -0.3 is 24.9 Å². The first-order chi connectivity index (χ1) is 35.7. The highest BCUT2D eigenvalue weighted by atomic mass is 16.3. The van der Waals surface area contributed by atoms with E-state index in [-0.39, 0.29) is 42.0 Å². The summed E-state index contributed by atoms with van der Waals surface area (Å²) < 4.78 is 4.26. The van der Waals surface area contributed by atoms with Gasteiger partial charge in [-0.3, -0.25) is 39.6 Å². The first kappa shape index (κ1) is 50.3. The number of nitrogens with zero attached hydrogens (tertiary/aromatic N) is 4. The maximum atomic E-state index is 13.3. The van der Waals surface area contributed by atoms with Crippen molar-refractivity contribution in [1.82, 2.24) is 29.7 Å². The summed E-state index contributed by atoms with van der Waals surface area (Å²) in [5.74, 6) is 4.71. The van der Waals surface area contributed by atoms with Crippen molar-refractivity contribution in [2.75, 3.05) is 18.4 Å². The molecule has 376 valence electrons. The van der Waals surface area contributed by atoms with Crippen LogP contribution in [0, 0.1) is 17.3 Å². The maximum absolute atomic E-state index is 13.3. The minimum absolute atomic E-state index is 0.0676. The molecule has 5 amide bonds. The van der Waals surface area contributed by atoms with Crippen LogP contribution < -0.4 is 21.4 Å². The normalized spacial score (nSPS) is 17.5. The fourth-order valence-electron chi connectivity index (χ4n) is 10.6. The number of aliphatic hydroxyl groups excluding tert-OH is 1. The van der Waals surface area contributed by atoms with Gasteiger partial charge in [-0.05, 0) is 98.7 Å². The molecule has 4 heterocycles. The number of carbonyl (C=O) groups excluding carboxylic acids is 5. The molecular formula is C59H64N8O6. The Bertz CT molecular complexity index is 3110. The van der Waals surface area contributed by atoms with Gasteiger partial charge in [0.1, 0.15) is 17.2 Å². The zero-order chi connectivity index (χ0) is 50.7. The highest BCUT2D eigenvalue weighted by molar-refractivity contribution is 6.25. The molecule has 1 saturated carbocycles. The van der Waals surface area contributed by atoms with E-state index >= 15 is 0 Å². The Labute approximate surface area is 426 Å². The van der Waals surface area contributed by atoms with Crippen molar-refractivity contribution in [1.29, 1.82) is 5.41 Å². The zero-order valence-corrected chi connectivity index (χ0v) is 41.3. The number of hydrogen-bond acceptors (Lipinski definition) is 9. The zero-order valence-electron chi connectivity index (χ0n) is 41.3. The lowest BCUT2D eigenvalue weighted by Crippen LogP contribution is -2.54. The lowest BCUT2D eigenvalue weighted by molar-refractivity contribution is -0.136. The number of anilines is 1. The van der Waals surface area contributed by atoms with E-state index in [1.165, 1.54) is 0 Å². The molecule has 4 aromatic carbocycles. The lowest BCUT2D eigenvalue weighted by Gasteiger charge is -2.27.